The van der Waals surface area contributed by atoms with Gasteiger partial charge in [0.05, 0.1) is 0 Å². The van der Waals surface area contributed by atoms with Crippen molar-refractivity contribution in [3.05, 3.63) is 22.8 Å². The molecule has 0 unspecified atom stereocenters. The first kappa shape index (κ1) is 19.3. The van der Waals surface area contributed by atoms with Gasteiger partial charge < -0.3 is 9.69 Å². The van der Waals surface area contributed by atoms with E-state index in [4.69, 9.17) is 23.7 Å². The molecule has 0 bridgehead atoms. The summed E-state index contributed by atoms with van der Waals surface area (Å²) >= 11 is -0.765. The molecule has 0 aliphatic carbocycles. The molecule has 0 aliphatic rings. The third-order valence-electron chi connectivity index (χ3n) is 0.587. The minimum atomic E-state index is -0.765. The van der Waals surface area contributed by atoms with E-state index in [1.807, 2.05) is 27.7 Å². The van der Waals surface area contributed by atoms with Crippen LogP contribution < -0.4 is 0 Å². The fraction of sp³-hybridized carbons (Fsp3) is 0.600. The first-order valence-electron chi connectivity index (χ1n) is 4.04. The molecule has 0 aliphatic heterocycles. The van der Waals surface area contributed by atoms with Crippen molar-refractivity contribution in [2.75, 3.05) is 0 Å². The topological polar surface area (TPSA) is 56.3 Å². The molecule has 4 nitrogen and oxygen atoms in total. The van der Waals surface area contributed by atoms with E-state index < -0.39 is 18.6 Å². The Labute approximate surface area is 101 Å². The van der Waals surface area contributed by atoms with E-state index >= 15 is 0 Å². The quantitative estimate of drug-likeness (QED) is 0.602. The molecule has 0 saturated heterocycles. The summed E-state index contributed by atoms with van der Waals surface area (Å²) < 4.78 is 3.53. The molecule has 0 aromatic carbocycles. The Morgan fingerprint density at radius 3 is 1.13 bits per heavy atom. The minimum absolute atomic E-state index is 0.176. The number of hydrogen-bond donors (Lipinski definition) is 0. The van der Waals surface area contributed by atoms with Crippen LogP contribution >= 0.6 is 0 Å². The minimum Gasteiger partial charge on any atom is -0.314 e. The smallest absolute Gasteiger partial charge is 0.218 e. The van der Waals surface area contributed by atoms with Crippen molar-refractivity contribution in [3.8, 4) is 8.92 Å². The largest absolute Gasteiger partial charge is 0.314 e. The second-order valence-corrected chi connectivity index (χ2v) is 4.25. The summed E-state index contributed by atoms with van der Waals surface area (Å²) in [5.41, 5.74) is 0. The van der Waals surface area contributed by atoms with E-state index in [0.29, 0.717) is 0 Å². The van der Waals surface area contributed by atoms with Crippen molar-refractivity contribution in [2.45, 2.75) is 39.8 Å². The van der Waals surface area contributed by atoms with Crippen LogP contribution in [0.1, 0.15) is 27.7 Å². The normalized spacial score (nSPS) is 6.80. The van der Waals surface area contributed by atoms with Crippen molar-refractivity contribution in [3.63, 3.8) is 0 Å². The van der Waals surface area contributed by atoms with E-state index in [2.05, 4.69) is 9.69 Å². The summed E-state index contributed by atoms with van der Waals surface area (Å²) in [5.74, 6) is 0. The van der Waals surface area contributed by atoms with E-state index in [-0.39, 0.29) is 12.1 Å². The van der Waals surface area contributed by atoms with Crippen LogP contribution in [-0.2, 0) is 18.6 Å². The molecule has 0 N–H and O–H groups in total. The molecule has 0 spiro atoms. The number of nitrogens with zero attached hydrogens (tertiary/aromatic N) is 4. The molecule has 0 fully saturated rings. The van der Waals surface area contributed by atoms with Gasteiger partial charge in [0.15, 0.2) is 0 Å². The van der Waals surface area contributed by atoms with Gasteiger partial charge >= 0.3 is 38.0 Å². The molecule has 0 amide bonds. The summed E-state index contributed by atoms with van der Waals surface area (Å²) in [6.45, 7) is 20.0. The Hall–Kier alpha value is -1.35. The van der Waals surface area contributed by atoms with Crippen molar-refractivity contribution in [1.82, 2.24) is 0 Å². The molecular formula is C10H14N4Pt. The van der Waals surface area contributed by atoms with Gasteiger partial charge in [0, 0.05) is 27.7 Å². The van der Waals surface area contributed by atoms with Gasteiger partial charge in [0.1, 0.15) is 0 Å². The molecule has 0 atom stereocenters. The second kappa shape index (κ2) is 18.4. The van der Waals surface area contributed by atoms with Gasteiger partial charge in [0.2, 0.25) is 12.1 Å². The van der Waals surface area contributed by atoms with Crippen LogP contribution in [0.25, 0.3) is 9.69 Å². The number of rotatable bonds is 0. The van der Waals surface area contributed by atoms with Gasteiger partial charge in [-0.2, -0.15) is 0 Å². The zero-order chi connectivity index (χ0) is 12.7. The van der Waals surface area contributed by atoms with Crippen LogP contribution in [0.4, 0.5) is 0 Å². The van der Waals surface area contributed by atoms with E-state index in [0.717, 1.165) is 0 Å². The third kappa shape index (κ3) is 66.4. The molecular weight excluding hydrogens is 371 g/mol. The van der Waals surface area contributed by atoms with E-state index in [1.165, 1.54) is 0 Å². The van der Waals surface area contributed by atoms with Crippen LogP contribution in [0, 0.1) is 32.6 Å². The van der Waals surface area contributed by atoms with Gasteiger partial charge in [-0.3, -0.25) is 0 Å². The first-order chi connectivity index (χ1) is 6.95. The van der Waals surface area contributed by atoms with Crippen LogP contribution in [0.5, 0.6) is 0 Å². The Bertz CT molecular complexity index is 253. The summed E-state index contributed by atoms with van der Waals surface area (Å²) in [4.78, 5) is 6.28. The maximum atomic E-state index is 7.64. The SMILES string of the molecule is N#[C][Pt][C]#N.[C-]#[N+]C(C)C.[C-]#[N+]C(C)C. The van der Waals surface area contributed by atoms with Gasteiger partial charge in [-0.05, 0) is 0 Å². The van der Waals surface area contributed by atoms with E-state index in [1.54, 1.807) is 8.92 Å². The molecule has 5 heteroatoms. The maximum absolute atomic E-state index is 7.64. The Kier molecular flexibility index (Phi) is 23.7. The summed E-state index contributed by atoms with van der Waals surface area (Å²) in [5, 5.41) is 15.3. The van der Waals surface area contributed by atoms with Gasteiger partial charge in [0.25, 0.3) is 0 Å². The molecule has 15 heavy (non-hydrogen) atoms. The molecule has 84 valence electrons. The molecule has 0 saturated carbocycles. The number of nitriles is 2. The predicted octanol–water partition coefficient (Wildman–Crippen LogP) is 2.66. The van der Waals surface area contributed by atoms with Crippen LogP contribution in [0.2, 0.25) is 0 Å². The molecule has 0 rings (SSSR count). The Balaban J connectivity index is -0.000000144. The average Bonchev–Trinajstić information content (AvgIpc) is 2.20. The van der Waals surface area contributed by atoms with Crippen molar-refractivity contribution in [1.29, 1.82) is 10.5 Å². The second-order valence-electron chi connectivity index (χ2n) is 2.67. The molecule has 0 heterocycles. The van der Waals surface area contributed by atoms with E-state index in [9.17, 15) is 0 Å². The Morgan fingerprint density at radius 1 is 0.933 bits per heavy atom. The fourth-order valence-corrected chi connectivity index (χ4v) is 0.129. The zero-order valence-corrected chi connectivity index (χ0v) is 11.5. The summed E-state index contributed by atoms with van der Waals surface area (Å²) in [6.07, 6.45) is 0. The fourth-order valence-electron chi connectivity index (χ4n) is 0.0158. The number of hydrogen-bond acceptors (Lipinski definition) is 2. The van der Waals surface area contributed by atoms with Crippen molar-refractivity contribution < 1.29 is 18.6 Å². The van der Waals surface area contributed by atoms with Crippen LogP contribution in [-0.4, -0.2) is 12.1 Å². The predicted molar refractivity (Wildman–Crippen MR) is 54.7 cm³/mol. The van der Waals surface area contributed by atoms with Crippen LogP contribution in [0.3, 0.4) is 0 Å². The maximum Gasteiger partial charge on any atom is 0.218 e. The molecule has 0 aromatic heterocycles. The molecule has 0 aromatic rings. The first-order valence-corrected chi connectivity index (χ1v) is 6.31. The third-order valence-corrected chi connectivity index (χ3v) is 1.10. The standard InChI is InChI=1S/2C4H7N.2CN.Pt/c2*1-4(2)5-3;2*1-2;/h2*4H,1-2H3;;;. The zero-order valence-electron chi connectivity index (χ0n) is 9.26. The van der Waals surface area contributed by atoms with Gasteiger partial charge in [-0.25, -0.2) is 13.1 Å². The van der Waals surface area contributed by atoms with Crippen molar-refractivity contribution >= 4 is 0 Å². The van der Waals surface area contributed by atoms with Crippen LogP contribution in [0.15, 0.2) is 0 Å². The van der Waals surface area contributed by atoms with Crippen molar-refractivity contribution in [2.24, 2.45) is 0 Å². The van der Waals surface area contributed by atoms with Gasteiger partial charge in [-0.15, -0.1) is 0 Å². The summed E-state index contributed by atoms with van der Waals surface area (Å²) in [7, 11) is 0. The molecule has 0 radical (unpaired) electrons. The monoisotopic (exact) mass is 385 g/mol. The van der Waals surface area contributed by atoms with Gasteiger partial charge in [-0.1, -0.05) is 0 Å². The Morgan fingerprint density at radius 2 is 1.13 bits per heavy atom. The summed E-state index contributed by atoms with van der Waals surface area (Å²) in [6, 6.07) is 0.352. The average molecular weight is 385 g/mol.